The highest BCUT2D eigenvalue weighted by Gasteiger charge is 2.21. The fourth-order valence-corrected chi connectivity index (χ4v) is 3.36. The molecule has 3 heterocycles. The van der Waals surface area contributed by atoms with E-state index in [0.29, 0.717) is 17.2 Å². The van der Waals surface area contributed by atoms with Crippen molar-refractivity contribution in [3.05, 3.63) is 42.1 Å². The third-order valence-corrected chi connectivity index (χ3v) is 4.54. The van der Waals surface area contributed by atoms with Gasteiger partial charge >= 0.3 is 0 Å². The van der Waals surface area contributed by atoms with Crippen molar-refractivity contribution in [2.24, 2.45) is 0 Å². The first kappa shape index (κ1) is 14.1. The molecule has 0 radical (unpaired) electrons. The highest BCUT2D eigenvalue weighted by Crippen LogP contribution is 2.44. The number of nitrogens with zero attached hydrogens (tertiary/aromatic N) is 2. The lowest BCUT2D eigenvalue weighted by Gasteiger charge is -2.10. The summed E-state index contributed by atoms with van der Waals surface area (Å²) in [5.41, 5.74) is 4.85. The quantitative estimate of drug-likeness (QED) is 0.604. The summed E-state index contributed by atoms with van der Waals surface area (Å²) in [6.07, 6.45) is 1.82. The molecule has 2 aromatic heterocycles. The molecule has 6 heteroatoms. The van der Waals surface area contributed by atoms with Crippen LogP contribution in [0.5, 0.6) is 17.2 Å². The van der Waals surface area contributed by atoms with Crippen LogP contribution in [0.3, 0.4) is 0 Å². The van der Waals surface area contributed by atoms with E-state index in [9.17, 15) is 0 Å². The molecule has 124 valence electrons. The summed E-state index contributed by atoms with van der Waals surface area (Å²) in [6, 6.07) is 9.98. The number of aryl methyl sites for hydroxylation is 1. The highest BCUT2D eigenvalue weighted by atomic mass is 16.7. The van der Waals surface area contributed by atoms with E-state index in [2.05, 4.69) is 23.2 Å². The van der Waals surface area contributed by atoms with Gasteiger partial charge in [0.05, 0.1) is 30.0 Å². The topological polar surface area (TPSA) is 69.3 Å². The summed E-state index contributed by atoms with van der Waals surface area (Å²) in [4.78, 5) is 4.84. The van der Waals surface area contributed by atoms with Crippen molar-refractivity contribution in [1.82, 2.24) is 15.2 Å². The predicted molar refractivity (Wildman–Crippen MR) is 94.2 cm³/mol. The van der Waals surface area contributed by atoms with E-state index in [1.165, 1.54) is 0 Å². The van der Waals surface area contributed by atoms with Crippen LogP contribution in [-0.4, -0.2) is 29.1 Å². The van der Waals surface area contributed by atoms with E-state index in [1.807, 2.05) is 30.5 Å². The minimum atomic E-state index is 0.205. The predicted octanol–water partition coefficient (Wildman–Crippen LogP) is 3.82. The fraction of sp³-hybridized carbons (Fsp3) is 0.158. The van der Waals surface area contributed by atoms with Gasteiger partial charge in [0.2, 0.25) is 12.5 Å². The number of hydrogen-bond acceptors (Lipinski definition) is 5. The van der Waals surface area contributed by atoms with Crippen LogP contribution < -0.4 is 14.2 Å². The van der Waals surface area contributed by atoms with E-state index in [0.717, 1.165) is 38.6 Å². The molecule has 0 spiro atoms. The van der Waals surface area contributed by atoms with Gasteiger partial charge in [-0.15, -0.1) is 0 Å². The zero-order valence-corrected chi connectivity index (χ0v) is 13.8. The van der Waals surface area contributed by atoms with E-state index in [1.54, 1.807) is 7.11 Å². The molecule has 0 saturated heterocycles. The summed E-state index contributed by atoms with van der Waals surface area (Å²) in [5, 5.41) is 9.37. The van der Waals surface area contributed by atoms with Crippen LogP contribution in [0, 0.1) is 6.92 Å². The first-order valence-electron chi connectivity index (χ1n) is 7.96. The minimum Gasteiger partial charge on any atom is -0.493 e. The number of nitrogens with one attached hydrogen (secondary N) is 1. The maximum atomic E-state index is 5.52. The summed E-state index contributed by atoms with van der Waals surface area (Å²) in [6.45, 7) is 2.29. The number of hydrogen-bond donors (Lipinski definition) is 1. The van der Waals surface area contributed by atoms with Crippen molar-refractivity contribution >= 4 is 21.8 Å². The molecule has 0 bridgehead atoms. The lowest BCUT2D eigenvalue weighted by molar-refractivity contribution is 0.171. The average molecular weight is 333 g/mol. The van der Waals surface area contributed by atoms with Crippen LogP contribution in [0.2, 0.25) is 0 Å². The second-order valence-electron chi connectivity index (χ2n) is 6.03. The van der Waals surface area contributed by atoms with Crippen LogP contribution >= 0.6 is 0 Å². The molecule has 0 atom stereocenters. The van der Waals surface area contributed by atoms with Gasteiger partial charge in [0.1, 0.15) is 0 Å². The van der Waals surface area contributed by atoms with Gasteiger partial charge < -0.3 is 14.2 Å². The molecule has 0 fully saturated rings. The lowest BCUT2D eigenvalue weighted by atomic mass is 10.0. The van der Waals surface area contributed by atoms with E-state index in [4.69, 9.17) is 19.2 Å². The van der Waals surface area contributed by atoms with Gasteiger partial charge in [-0.25, -0.2) is 4.98 Å². The zero-order valence-electron chi connectivity index (χ0n) is 13.8. The Hall–Kier alpha value is -3.28. The van der Waals surface area contributed by atoms with Crippen molar-refractivity contribution in [2.45, 2.75) is 6.92 Å². The Morgan fingerprint density at radius 1 is 1.16 bits per heavy atom. The Balaban J connectivity index is 1.75. The molecule has 2 aromatic carbocycles. The fourth-order valence-electron chi connectivity index (χ4n) is 3.36. The average Bonchev–Trinajstić information content (AvgIpc) is 3.29. The number of H-pyrrole nitrogens is 1. The number of methoxy groups -OCH3 is 1. The number of rotatable bonds is 2. The lowest BCUT2D eigenvalue weighted by Crippen LogP contribution is -1.93. The molecule has 0 saturated carbocycles. The number of aromatic amines is 1. The van der Waals surface area contributed by atoms with E-state index < -0.39 is 0 Å². The number of benzene rings is 2. The van der Waals surface area contributed by atoms with Crippen LogP contribution in [-0.2, 0) is 0 Å². The molecule has 25 heavy (non-hydrogen) atoms. The number of ether oxygens (including phenoxy) is 3. The van der Waals surface area contributed by atoms with Gasteiger partial charge in [0, 0.05) is 16.3 Å². The second-order valence-corrected chi connectivity index (χ2v) is 6.03. The molecule has 0 aliphatic carbocycles. The van der Waals surface area contributed by atoms with Crippen molar-refractivity contribution in [1.29, 1.82) is 0 Å². The molecule has 1 aliphatic heterocycles. The summed E-state index contributed by atoms with van der Waals surface area (Å²) in [7, 11) is 1.62. The Bertz CT molecular complexity index is 1130. The Labute approximate surface area is 143 Å². The van der Waals surface area contributed by atoms with E-state index in [-0.39, 0.29) is 6.79 Å². The van der Waals surface area contributed by atoms with E-state index >= 15 is 0 Å². The monoisotopic (exact) mass is 333 g/mol. The standard InChI is InChI=1S/C19H15N3O3/c1-10-5-14(12-6-15(23-2)19-16(7-12)24-9-25-19)21-13-4-3-11-8-20-22-18(11)17(10)13/h3-8H,9H2,1-2H3,(H,20,22). The first-order valence-corrected chi connectivity index (χ1v) is 7.96. The van der Waals surface area contributed by atoms with Crippen LogP contribution in [0.1, 0.15) is 5.56 Å². The Morgan fingerprint density at radius 3 is 2.96 bits per heavy atom. The molecule has 4 aromatic rings. The number of fused-ring (bicyclic) bond motifs is 4. The molecule has 6 nitrogen and oxygen atoms in total. The van der Waals surface area contributed by atoms with Gasteiger partial charge in [-0.2, -0.15) is 5.10 Å². The van der Waals surface area contributed by atoms with Gasteiger partial charge in [-0.1, -0.05) is 0 Å². The molecule has 5 rings (SSSR count). The number of pyridine rings is 1. The van der Waals surface area contributed by atoms with Gasteiger partial charge in [-0.05, 0) is 42.8 Å². The second kappa shape index (κ2) is 5.11. The van der Waals surface area contributed by atoms with Gasteiger partial charge in [0.15, 0.2) is 11.5 Å². The Kier molecular flexibility index (Phi) is 2.88. The highest BCUT2D eigenvalue weighted by molar-refractivity contribution is 6.05. The smallest absolute Gasteiger partial charge is 0.231 e. The molecular formula is C19H15N3O3. The summed E-state index contributed by atoms with van der Waals surface area (Å²) in [5.74, 6) is 1.97. The zero-order chi connectivity index (χ0) is 17.0. The van der Waals surface area contributed by atoms with Gasteiger partial charge in [0.25, 0.3) is 0 Å². The van der Waals surface area contributed by atoms with Crippen molar-refractivity contribution in [3.63, 3.8) is 0 Å². The first-order chi connectivity index (χ1) is 12.2. The largest absolute Gasteiger partial charge is 0.493 e. The summed E-state index contributed by atoms with van der Waals surface area (Å²) >= 11 is 0. The SMILES string of the molecule is COc1cc(-c2cc(C)c3c(ccc4cn[nH]c43)n2)cc2c1OCO2. The summed E-state index contributed by atoms with van der Waals surface area (Å²) < 4.78 is 16.4. The van der Waals surface area contributed by atoms with Crippen molar-refractivity contribution < 1.29 is 14.2 Å². The molecule has 1 N–H and O–H groups in total. The molecule has 0 unspecified atom stereocenters. The maximum absolute atomic E-state index is 5.52. The minimum absolute atomic E-state index is 0.205. The van der Waals surface area contributed by atoms with Crippen molar-refractivity contribution in [3.8, 4) is 28.5 Å². The Morgan fingerprint density at radius 2 is 2.08 bits per heavy atom. The third kappa shape index (κ3) is 2.04. The van der Waals surface area contributed by atoms with Crippen LogP contribution in [0.15, 0.2) is 36.5 Å². The van der Waals surface area contributed by atoms with Crippen molar-refractivity contribution in [2.75, 3.05) is 13.9 Å². The number of aromatic nitrogens is 3. The molecule has 0 amide bonds. The maximum Gasteiger partial charge on any atom is 0.231 e. The molecular weight excluding hydrogens is 318 g/mol. The van der Waals surface area contributed by atoms with Crippen LogP contribution in [0.4, 0.5) is 0 Å². The van der Waals surface area contributed by atoms with Crippen LogP contribution in [0.25, 0.3) is 33.1 Å². The third-order valence-electron chi connectivity index (χ3n) is 4.54. The van der Waals surface area contributed by atoms with Gasteiger partial charge in [-0.3, -0.25) is 5.10 Å². The normalized spacial score (nSPS) is 12.9. The molecule has 1 aliphatic rings.